The number of hydrogen-bond donors (Lipinski definition) is 3. The lowest BCUT2D eigenvalue weighted by atomic mass is 10.1. The van der Waals surface area contributed by atoms with Gasteiger partial charge < -0.3 is 16.4 Å². The molecule has 0 aliphatic heterocycles. The second-order valence-corrected chi connectivity index (χ2v) is 4.69. The highest BCUT2D eigenvalue weighted by molar-refractivity contribution is 5.79. The van der Waals surface area contributed by atoms with Crippen molar-refractivity contribution in [3.63, 3.8) is 0 Å². The maximum Gasteiger partial charge on any atom is 0.221 e. The van der Waals surface area contributed by atoms with Crippen molar-refractivity contribution >= 4 is 11.8 Å². The van der Waals surface area contributed by atoms with Gasteiger partial charge in [-0.1, -0.05) is 13.3 Å². The summed E-state index contributed by atoms with van der Waals surface area (Å²) in [6.07, 6.45) is 4.71. The van der Waals surface area contributed by atoms with Crippen LogP contribution in [0.25, 0.3) is 0 Å². The highest BCUT2D eigenvalue weighted by atomic mass is 16.2. The molecule has 0 saturated heterocycles. The number of nitrogens with two attached hydrogens (primary N) is 1. The van der Waals surface area contributed by atoms with Crippen molar-refractivity contribution in [3.05, 3.63) is 0 Å². The van der Waals surface area contributed by atoms with Crippen LogP contribution in [0.3, 0.4) is 0 Å². The maximum absolute atomic E-state index is 11.4. The third kappa shape index (κ3) is 6.94. The highest BCUT2D eigenvalue weighted by Gasteiger charge is 2.22. The third-order valence-corrected chi connectivity index (χ3v) is 2.72. The number of carbonyl (C=O) groups is 2. The van der Waals surface area contributed by atoms with Gasteiger partial charge in [0.25, 0.3) is 0 Å². The monoisotopic (exact) mass is 241 g/mol. The van der Waals surface area contributed by atoms with Crippen molar-refractivity contribution in [2.75, 3.05) is 6.54 Å². The first kappa shape index (κ1) is 14.0. The molecule has 0 heterocycles. The molecule has 0 aromatic heterocycles. The zero-order valence-electron chi connectivity index (χ0n) is 10.5. The Morgan fingerprint density at radius 2 is 2.06 bits per heavy atom. The molecule has 0 spiro atoms. The van der Waals surface area contributed by atoms with Gasteiger partial charge >= 0.3 is 0 Å². The van der Waals surface area contributed by atoms with Gasteiger partial charge in [0.2, 0.25) is 11.8 Å². The summed E-state index contributed by atoms with van der Waals surface area (Å²) in [4.78, 5) is 22.7. The molecule has 0 aromatic carbocycles. The van der Waals surface area contributed by atoms with Crippen molar-refractivity contribution in [1.82, 2.24) is 10.6 Å². The Hall–Kier alpha value is -1.10. The van der Waals surface area contributed by atoms with Crippen LogP contribution in [0.2, 0.25) is 0 Å². The number of amides is 2. The molecular weight excluding hydrogens is 218 g/mol. The fourth-order valence-electron chi connectivity index (χ4n) is 1.63. The van der Waals surface area contributed by atoms with Crippen molar-refractivity contribution in [2.24, 2.45) is 5.73 Å². The van der Waals surface area contributed by atoms with Crippen molar-refractivity contribution in [3.8, 4) is 0 Å². The van der Waals surface area contributed by atoms with E-state index in [1.165, 1.54) is 0 Å². The fourth-order valence-corrected chi connectivity index (χ4v) is 1.63. The Labute approximate surface area is 103 Å². The second kappa shape index (κ2) is 7.27. The standard InChI is InChI=1S/C12H23N3O2/c1-2-3-9(13)8-12(17)14-7-6-11(16)15-10-4-5-10/h9-10H,2-8,13H2,1H3,(H,14,17)(H,15,16). The first-order chi connectivity index (χ1) is 8.11. The molecule has 0 radical (unpaired) electrons. The van der Waals surface area contributed by atoms with Gasteiger partial charge in [-0.15, -0.1) is 0 Å². The molecule has 98 valence electrons. The molecular formula is C12H23N3O2. The number of carbonyl (C=O) groups excluding carboxylic acids is 2. The zero-order chi connectivity index (χ0) is 12.7. The van der Waals surface area contributed by atoms with E-state index < -0.39 is 0 Å². The van der Waals surface area contributed by atoms with E-state index in [1.807, 2.05) is 6.92 Å². The number of rotatable bonds is 8. The second-order valence-electron chi connectivity index (χ2n) is 4.69. The SMILES string of the molecule is CCCC(N)CC(=O)NCCC(=O)NC1CC1. The molecule has 1 fully saturated rings. The van der Waals surface area contributed by atoms with Gasteiger partial charge in [-0.05, 0) is 19.3 Å². The van der Waals surface area contributed by atoms with Crippen LogP contribution in [0, 0.1) is 0 Å². The van der Waals surface area contributed by atoms with Crippen LogP contribution >= 0.6 is 0 Å². The fraction of sp³-hybridized carbons (Fsp3) is 0.833. The summed E-state index contributed by atoms with van der Waals surface area (Å²) < 4.78 is 0. The van der Waals surface area contributed by atoms with E-state index >= 15 is 0 Å². The summed E-state index contributed by atoms with van der Waals surface area (Å²) in [6, 6.07) is 0.316. The molecule has 1 atom stereocenters. The Bertz CT molecular complexity index is 264. The van der Waals surface area contributed by atoms with Crippen LogP contribution in [0.15, 0.2) is 0 Å². The summed E-state index contributed by atoms with van der Waals surface area (Å²) in [6.45, 7) is 2.44. The van der Waals surface area contributed by atoms with Crippen molar-refractivity contribution < 1.29 is 9.59 Å². The smallest absolute Gasteiger partial charge is 0.221 e. The summed E-state index contributed by atoms with van der Waals surface area (Å²) in [5.41, 5.74) is 5.75. The van der Waals surface area contributed by atoms with Crippen LogP contribution < -0.4 is 16.4 Å². The molecule has 1 rings (SSSR count). The normalized spacial score (nSPS) is 16.4. The lowest BCUT2D eigenvalue weighted by Gasteiger charge is -2.10. The lowest BCUT2D eigenvalue weighted by molar-refractivity contribution is -0.122. The van der Waals surface area contributed by atoms with E-state index in [1.54, 1.807) is 0 Å². The van der Waals surface area contributed by atoms with Gasteiger partial charge in [-0.3, -0.25) is 9.59 Å². The van der Waals surface area contributed by atoms with Crippen LogP contribution in [0.1, 0.15) is 45.4 Å². The number of nitrogens with one attached hydrogen (secondary N) is 2. The molecule has 5 heteroatoms. The summed E-state index contributed by atoms with van der Waals surface area (Å²) in [5.74, 6) is -0.0455. The minimum atomic E-state index is -0.0692. The highest BCUT2D eigenvalue weighted by Crippen LogP contribution is 2.18. The van der Waals surface area contributed by atoms with Crippen molar-refractivity contribution in [1.29, 1.82) is 0 Å². The largest absolute Gasteiger partial charge is 0.356 e. The van der Waals surface area contributed by atoms with E-state index in [0.717, 1.165) is 25.7 Å². The Balaban J connectivity index is 2.00. The molecule has 5 nitrogen and oxygen atoms in total. The Kier molecular flexibility index (Phi) is 5.97. The quantitative estimate of drug-likeness (QED) is 0.571. The predicted octanol–water partition coefficient (Wildman–Crippen LogP) is 0.289. The topological polar surface area (TPSA) is 84.2 Å². The zero-order valence-corrected chi connectivity index (χ0v) is 10.5. The van der Waals surface area contributed by atoms with Crippen LogP contribution in [-0.2, 0) is 9.59 Å². The average molecular weight is 241 g/mol. The minimum Gasteiger partial charge on any atom is -0.356 e. The Morgan fingerprint density at radius 3 is 2.65 bits per heavy atom. The molecule has 1 aliphatic carbocycles. The first-order valence-electron chi connectivity index (χ1n) is 6.43. The van der Waals surface area contributed by atoms with Crippen LogP contribution in [-0.4, -0.2) is 30.4 Å². The van der Waals surface area contributed by atoms with E-state index in [-0.39, 0.29) is 17.9 Å². The number of hydrogen-bond acceptors (Lipinski definition) is 3. The van der Waals surface area contributed by atoms with Crippen molar-refractivity contribution in [2.45, 2.75) is 57.5 Å². The Morgan fingerprint density at radius 1 is 1.35 bits per heavy atom. The van der Waals surface area contributed by atoms with Gasteiger partial charge in [-0.25, -0.2) is 0 Å². The van der Waals surface area contributed by atoms with Gasteiger partial charge in [-0.2, -0.15) is 0 Å². The summed E-state index contributed by atoms with van der Waals surface area (Å²) in [7, 11) is 0. The van der Waals surface area contributed by atoms with Gasteiger partial charge in [0.15, 0.2) is 0 Å². The van der Waals surface area contributed by atoms with Crippen LogP contribution in [0.5, 0.6) is 0 Å². The lowest BCUT2D eigenvalue weighted by Crippen LogP contribution is -2.34. The van der Waals surface area contributed by atoms with Gasteiger partial charge in [0.1, 0.15) is 0 Å². The molecule has 0 aromatic rings. The molecule has 1 saturated carbocycles. The molecule has 17 heavy (non-hydrogen) atoms. The van der Waals surface area contributed by atoms with E-state index in [4.69, 9.17) is 5.73 Å². The molecule has 0 bridgehead atoms. The van der Waals surface area contributed by atoms with E-state index in [9.17, 15) is 9.59 Å². The summed E-state index contributed by atoms with van der Waals surface area (Å²) >= 11 is 0. The van der Waals surface area contributed by atoms with E-state index in [0.29, 0.717) is 25.4 Å². The van der Waals surface area contributed by atoms with Gasteiger partial charge in [0.05, 0.1) is 0 Å². The van der Waals surface area contributed by atoms with E-state index in [2.05, 4.69) is 10.6 Å². The first-order valence-corrected chi connectivity index (χ1v) is 6.43. The summed E-state index contributed by atoms with van der Waals surface area (Å²) in [5, 5.41) is 5.59. The average Bonchev–Trinajstić information content (AvgIpc) is 3.01. The van der Waals surface area contributed by atoms with Gasteiger partial charge in [0, 0.05) is 31.5 Å². The third-order valence-electron chi connectivity index (χ3n) is 2.72. The molecule has 1 aliphatic rings. The van der Waals surface area contributed by atoms with Crippen LogP contribution in [0.4, 0.5) is 0 Å². The maximum atomic E-state index is 11.4. The minimum absolute atomic E-state index is 0.0191. The molecule has 1 unspecified atom stereocenters. The molecule has 4 N–H and O–H groups in total. The molecule has 2 amide bonds. The predicted molar refractivity (Wildman–Crippen MR) is 66.3 cm³/mol.